The number of anilines is 1. The average molecular weight is 402 g/mol. The second-order valence-corrected chi connectivity index (χ2v) is 7.60. The molecule has 1 aromatic rings. The Bertz CT molecular complexity index is 770. The minimum absolute atomic E-state index is 0.292. The Hall–Kier alpha value is -2.48. The number of hydrogen-bond acceptors (Lipinski definition) is 7. The molecule has 0 radical (unpaired) electrons. The van der Waals surface area contributed by atoms with E-state index in [1.54, 1.807) is 13.3 Å². The number of hydrogen-bond donors (Lipinski definition) is 2. The number of aliphatic imine (C=N–C) groups is 1. The van der Waals surface area contributed by atoms with E-state index in [1.165, 1.54) is 0 Å². The van der Waals surface area contributed by atoms with Crippen LogP contribution in [0.5, 0.6) is 0 Å². The highest BCUT2D eigenvalue weighted by atomic mass is 16.5. The van der Waals surface area contributed by atoms with Crippen molar-refractivity contribution in [3.05, 3.63) is 23.8 Å². The van der Waals surface area contributed by atoms with Gasteiger partial charge in [-0.15, -0.1) is 0 Å². The highest BCUT2D eigenvalue weighted by molar-refractivity contribution is 6.24. The van der Waals surface area contributed by atoms with Crippen LogP contribution in [0.25, 0.3) is 5.57 Å². The predicted molar refractivity (Wildman–Crippen MR) is 113 cm³/mol. The molecule has 3 N–H and O–H groups in total. The van der Waals surface area contributed by atoms with Gasteiger partial charge in [-0.3, -0.25) is 14.8 Å². The summed E-state index contributed by atoms with van der Waals surface area (Å²) in [6.45, 7) is 2.77. The summed E-state index contributed by atoms with van der Waals surface area (Å²) in [4.78, 5) is 27.8. The fraction of sp³-hybridized carbons (Fsp3) is 0.619. The summed E-state index contributed by atoms with van der Waals surface area (Å²) >= 11 is 0. The standard InChI is InChI=1S/C21H31N5O3/c1-29-12-4-5-16-14-24-19(17(13-22)18-6-2-3-9-23-18)20(25-16)26-10-7-15(8-11-26)21(27)28/h13-15H,2-12,22H2,1H3,(H,27,28)/b17-13+. The van der Waals surface area contributed by atoms with Gasteiger partial charge in [0.25, 0.3) is 0 Å². The van der Waals surface area contributed by atoms with Crippen molar-refractivity contribution in [3.8, 4) is 0 Å². The Morgan fingerprint density at radius 2 is 2.17 bits per heavy atom. The highest BCUT2D eigenvalue weighted by Crippen LogP contribution is 2.30. The number of aliphatic carboxylic acids is 1. The van der Waals surface area contributed by atoms with Crippen molar-refractivity contribution in [2.24, 2.45) is 16.6 Å². The molecule has 0 bridgehead atoms. The molecule has 1 fully saturated rings. The third-order valence-corrected chi connectivity index (χ3v) is 5.59. The van der Waals surface area contributed by atoms with E-state index in [-0.39, 0.29) is 5.92 Å². The zero-order valence-electron chi connectivity index (χ0n) is 17.1. The maximum atomic E-state index is 11.3. The minimum atomic E-state index is -0.719. The van der Waals surface area contributed by atoms with Crippen LogP contribution >= 0.6 is 0 Å². The quantitative estimate of drug-likeness (QED) is 0.642. The zero-order valence-corrected chi connectivity index (χ0v) is 17.1. The molecule has 158 valence electrons. The van der Waals surface area contributed by atoms with Crippen LogP contribution in [0.1, 0.15) is 49.9 Å². The van der Waals surface area contributed by atoms with E-state index in [4.69, 9.17) is 20.4 Å². The number of allylic oxidation sites excluding steroid dienone is 1. The fourth-order valence-corrected chi connectivity index (χ4v) is 3.91. The summed E-state index contributed by atoms with van der Waals surface area (Å²) in [7, 11) is 1.69. The van der Waals surface area contributed by atoms with Crippen LogP contribution in [0.3, 0.4) is 0 Å². The lowest BCUT2D eigenvalue weighted by Crippen LogP contribution is -2.37. The number of nitrogens with zero attached hydrogens (tertiary/aromatic N) is 4. The summed E-state index contributed by atoms with van der Waals surface area (Å²) in [6.07, 6.45) is 9.34. The topological polar surface area (TPSA) is 114 Å². The predicted octanol–water partition coefficient (Wildman–Crippen LogP) is 2.28. The summed E-state index contributed by atoms with van der Waals surface area (Å²) in [5.41, 5.74) is 9.49. The van der Waals surface area contributed by atoms with Crippen LogP contribution in [0, 0.1) is 5.92 Å². The lowest BCUT2D eigenvalue weighted by Gasteiger charge is -2.32. The zero-order chi connectivity index (χ0) is 20.6. The SMILES string of the molecule is COCCCc1cnc(/C(=C/N)C2=NCCCC2)c(N2CCC(C(=O)O)CC2)n1. The average Bonchev–Trinajstić information content (AvgIpc) is 2.76. The van der Waals surface area contributed by atoms with Gasteiger partial charge in [-0.25, -0.2) is 4.98 Å². The molecule has 8 heteroatoms. The molecule has 0 unspecified atom stereocenters. The van der Waals surface area contributed by atoms with Gasteiger partial charge in [0, 0.05) is 57.0 Å². The van der Waals surface area contributed by atoms with Gasteiger partial charge in [0.2, 0.25) is 0 Å². The van der Waals surface area contributed by atoms with Crippen molar-refractivity contribution in [2.75, 3.05) is 38.3 Å². The Labute approximate surface area is 171 Å². The Morgan fingerprint density at radius 3 is 2.79 bits per heavy atom. The highest BCUT2D eigenvalue weighted by Gasteiger charge is 2.28. The van der Waals surface area contributed by atoms with Crippen molar-refractivity contribution in [1.29, 1.82) is 0 Å². The molecule has 2 aliphatic heterocycles. The third-order valence-electron chi connectivity index (χ3n) is 5.59. The van der Waals surface area contributed by atoms with Crippen LogP contribution in [-0.2, 0) is 16.0 Å². The number of methoxy groups -OCH3 is 1. The molecule has 2 aliphatic rings. The van der Waals surface area contributed by atoms with Gasteiger partial charge in [-0.2, -0.15) is 0 Å². The molecule has 3 heterocycles. The monoisotopic (exact) mass is 401 g/mol. The lowest BCUT2D eigenvalue weighted by atomic mass is 9.96. The molecule has 29 heavy (non-hydrogen) atoms. The van der Waals surface area contributed by atoms with Crippen molar-refractivity contribution in [1.82, 2.24) is 9.97 Å². The van der Waals surface area contributed by atoms with Gasteiger partial charge in [0.1, 0.15) is 5.69 Å². The summed E-state index contributed by atoms with van der Waals surface area (Å²) < 4.78 is 5.15. The number of rotatable bonds is 8. The Kier molecular flexibility index (Phi) is 7.57. The molecule has 0 saturated carbocycles. The van der Waals surface area contributed by atoms with E-state index in [2.05, 4.69) is 9.89 Å². The molecule has 0 spiro atoms. The van der Waals surface area contributed by atoms with Gasteiger partial charge >= 0.3 is 5.97 Å². The van der Waals surface area contributed by atoms with Gasteiger partial charge < -0.3 is 20.5 Å². The van der Waals surface area contributed by atoms with Gasteiger partial charge in [0.05, 0.1) is 11.6 Å². The molecule has 1 saturated heterocycles. The van der Waals surface area contributed by atoms with Gasteiger partial charge in [-0.05, 0) is 44.9 Å². The first kappa shape index (κ1) is 21.2. The van der Waals surface area contributed by atoms with Crippen LogP contribution in [0.4, 0.5) is 5.82 Å². The molecule has 0 atom stereocenters. The van der Waals surface area contributed by atoms with Crippen molar-refractivity contribution >= 4 is 23.1 Å². The molecular formula is C21H31N5O3. The molecule has 0 aliphatic carbocycles. The summed E-state index contributed by atoms with van der Waals surface area (Å²) in [5, 5.41) is 9.31. The first-order valence-corrected chi connectivity index (χ1v) is 10.4. The van der Waals surface area contributed by atoms with E-state index in [0.29, 0.717) is 32.5 Å². The fourth-order valence-electron chi connectivity index (χ4n) is 3.91. The maximum absolute atomic E-state index is 11.3. The number of ether oxygens (including phenoxy) is 1. The number of piperidine rings is 1. The molecule has 8 nitrogen and oxygen atoms in total. The number of aryl methyl sites for hydroxylation is 1. The van der Waals surface area contributed by atoms with E-state index in [9.17, 15) is 9.90 Å². The number of carbonyl (C=O) groups is 1. The normalized spacial score (nSPS) is 18.6. The van der Waals surface area contributed by atoms with Crippen LogP contribution in [-0.4, -0.2) is 60.1 Å². The third kappa shape index (κ3) is 5.32. The lowest BCUT2D eigenvalue weighted by molar-refractivity contribution is -0.142. The van der Waals surface area contributed by atoms with E-state index < -0.39 is 5.97 Å². The summed E-state index contributed by atoms with van der Waals surface area (Å²) in [5.74, 6) is -0.225. The van der Waals surface area contributed by atoms with Crippen molar-refractivity contribution in [2.45, 2.75) is 44.9 Å². The van der Waals surface area contributed by atoms with E-state index in [0.717, 1.165) is 67.1 Å². The Balaban J connectivity index is 1.90. The molecule has 1 aromatic heterocycles. The number of nitrogens with two attached hydrogens (primary N) is 1. The molecule has 0 amide bonds. The molecular weight excluding hydrogens is 370 g/mol. The summed E-state index contributed by atoms with van der Waals surface area (Å²) in [6, 6.07) is 0. The number of carboxylic acid groups (broad SMARTS) is 1. The first-order chi connectivity index (χ1) is 14.1. The second kappa shape index (κ2) is 10.3. The minimum Gasteiger partial charge on any atom is -0.481 e. The molecule has 3 rings (SSSR count). The largest absolute Gasteiger partial charge is 0.481 e. The molecule has 0 aromatic carbocycles. The van der Waals surface area contributed by atoms with Crippen LogP contribution in [0.15, 0.2) is 17.4 Å². The number of aromatic nitrogens is 2. The maximum Gasteiger partial charge on any atom is 0.306 e. The first-order valence-electron chi connectivity index (χ1n) is 10.4. The van der Waals surface area contributed by atoms with E-state index in [1.807, 2.05) is 6.20 Å². The van der Waals surface area contributed by atoms with Crippen molar-refractivity contribution < 1.29 is 14.6 Å². The van der Waals surface area contributed by atoms with Gasteiger partial charge in [0.15, 0.2) is 5.82 Å². The van der Waals surface area contributed by atoms with Crippen LogP contribution < -0.4 is 10.6 Å². The smallest absolute Gasteiger partial charge is 0.306 e. The Morgan fingerprint density at radius 1 is 1.38 bits per heavy atom. The number of carboxylic acids is 1. The van der Waals surface area contributed by atoms with E-state index >= 15 is 0 Å². The second-order valence-electron chi connectivity index (χ2n) is 7.60. The van der Waals surface area contributed by atoms with Gasteiger partial charge in [-0.1, -0.05) is 0 Å². The van der Waals surface area contributed by atoms with Crippen molar-refractivity contribution in [3.63, 3.8) is 0 Å². The van der Waals surface area contributed by atoms with Crippen LogP contribution in [0.2, 0.25) is 0 Å².